The maximum absolute atomic E-state index is 5.42. The van der Waals surface area contributed by atoms with Crippen LogP contribution in [0.15, 0.2) is 6.33 Å². The summed E-state index contributed by atoms with van der Waals surface area (Å²) in [7, 11) is 0. The van der Waals surface area contributed by atoms with Crippen LogP contribution in [-0.4, -0.2) is 34.7 Å². The third-order valence-electron chi connectivity index (χ3n) is 5.29. The first-order valence-corrected chi connectivity index (χ1v) is 11.0. The summed E-state index contributed by atoms with van der Waals surface area (Å²) in [5, 5.41) is 4.76. The van der Waals surface area contributed by atoms with Crippen molar-refractivity contribution in [1.82, 2.24) is 15.0 Å². The largest absolute Gasteiger partial charge is 0.382 e. The molecule has 27 heavy (non-hydrogen) atoms. The first kappa shape index (κ1) is 18.6. The third kappa shape index (κ3) is 3.65. The Morgan fingerprint density at radius 3 is 2.89 bits per heavy atom. The molecule has 4 rings (SSSR count). The fourth-order valence-electron chi connectivity index (χ4n) is 3.98. The molecule has 0 bridgehead atoms. The van der Waals surface area contributed by atoms with Gasteiger partial charge in [-0.25, -0.2) is 15.0 Å². The zero-order valence-corrected chi connectivity index (χ0v) is 17.1. The highest BCUT2D eigenvalue weighted by Crippen LogP contribution is 2.41. The predicted octanol–water partition coefficient (Wildman–Crippen LogP) is 4.91. The van der Waals surface area contributed by atoms with E-state index in [1.54, 1.807) is 17.7 Å². The molecule has 1 aliphatic rings. The summed E-state index contributed by atoms with van der Waals surface area (Å²) in [5.41, 5.74) is 5.39. The number of ether oxygens (including phenoxy) is 1. The number of pyridine rings is 1. The molecule has 3 heterocycles. The summed E-state index contributed by atoms with van der Waals surface area (Å²) in [6.07, 6.45) is 9.73. The van der Waals surface area contributed by atoms with Crippen LogP contribution in [0.2, 0.25) is 0 Å². The van der Waals surface area contributed by atoms with Crippen molar-refractivity contribution in [3.05, 3.63) is 23.1 Å². The van der Waals surface area contributed by atoms with Crippen LogP contribution in [0.5, 0.6) is 0 Å². The molecule has 6 heteroatoms. The van der Waals surface area contributed by atoms with Crippen molar-refractivity contribution >= 4 is 37.6 Å². The number of hydrogen-bond donors (Lipinski definition) is 1. The van der Waals surface area contributed by atoms with Crippen molar-refractivity contribution in [1.29, 1.82) is 0 Å². The molecule has 1 aliphatic carbocycles. The number of nitrogens with zero attached hydrogens (tertiary/aromatic N) is 3. The number of rotatable bonds is 9. The van der Waals surface area contributed by atoms with Crippen LogP contribution in [0.3, 0.4) is 0 Å². The molecular weight excluding hydrogens is 356 g/mol. The van der Waals surface area contributed by atoms with E-state index in [1.165, 1.54) is 47.9 Å². The standard InChI is InChI=1S/C21H28N4OS/c1-3-5-10-16-14-8-6-9-15(14)17-18-19(27-21(17)25-16)20(24-13-23-18)22-11-7-12-26-4-2/h13H,3-12H2,1-2H3,(H,22,23,24). The summed E-state index contributed by atoms with van der Waals surface area (Å²) in [6, 6.07) is 0. The topological polar surface area (TPSA) is 59.9 Å². The van der Waals surface area contributed by atoms with Gasteiger partial charge in [0.05, 0.1) is 10.2 Å². The number of aromatic nitrogens is 3. The van der Waals surface area contributed by atoms with Crippen LogP contribution in [0.25, 0.3) is 20.4 Å². The Morgan fingerprint density at radius 2 is 2.04 bits per heavy atom. The lowest BCUT2D eigenvalue weighted by molar-refractivity contribution is 0.147. The lowest BCUT2D eigenvalue weighted by atomic mass is 10.0. The van der Waals surface area contributed by atoms with E-state index in [0.717, 1.165) is 59.9 Å². The maximum atomic E-state index is 5.42. The monoisotopic (exact) mass is 384 g/mol. The van der Waals surface area contributed by atoms with Gasteiger partial charge in [-0.15, -0.1) is 11.3 Å². The molecule has 3 aromatic heterocycles. The smallest absolute Gasteiger partial charge is 0.147 e. The van der Waals surface area contributed by atoms with E-state index in [2.05, 4.69) is 22.2 Å². The minimum Gasteiger partial charge on any atom is -0.382 e. The fraction of sp³-hybridized carbons (Fsp3) is 0.571. The molecule has 0 radical (unpaired) electrons. The van der Waals surface area contributed by atoms with Gasteiger partial charge >= 0.3 is 0 Å². The average molecular weight is 385 g/mol. The molecule has 0 amide bonds. The molecular formula is C21H28N4OS. The van der Waals surface area contributed by atoms with E-state index in [0.29, 0.717) is 0 Å². The van der Waals surface area contributed by atoms with E-state index in [1.807, 2.05) is 6.92 Å². The number of fused-ring (bicyclic) bond motifs is 5. The summed E-state index contributed by atoms with van der Waals surface area (Å²) in [4.78, 5) is 15.4. The third-order valence-corrected chi connectivity index (χ3v) is 6.37. The highest BCUT2D eigenvalue weighted by molar-refractivity contribution is 7.26. The number of anilines is 1. The van der Waals surface area contributed by atoms with Gasteiger partial charge in [0, 0.05) is 30.8 Å². The van der Waals surface area contributed by atoms with Crippen molar-refractivity contribution in [3.63, 3.8) is 0 Å². The lowest BCUT2D eigenvalue weighted by Gasteiger charge is -2.08. The summed E-state index contributed by atoms with van der Waals surface area (Å²) < 4.78 is 6.56. The number of aryl methyl sites for hydroxylation is 2. The van der Waals surface area contributed by atoms with Gasteiger partial charge in [0.25, 0.3) is 0 Å². The summed E-state index contributed by atoms with van der Waals surface area (Å²) in [6.45, 7) is 6.68. The Kier molecular flexibility index (Phi) is 5.83. The number of thiophene rings is 1. The fourth-order valence-corrected chi connectivity index (χ4v) is 5.12. The number of hydrogen-bond acceptors (Lipinski definition) is 6. The van der Waals surface area contributed by atoms with Crippen LogP contribution in [0.1, 0.15) is 56.4 Å². The van der Waals surface area contributed by atoms with Crippen LogP contribution in [-0.2, 0) is 24.0 Å². The van der Waals surface area contributed by atoms with Gasteiger partial charge in [-0.05, 0) is 56.6 Å². The minimum absolute atomic E-state index is 0.769. The lowest BCUT2D eigenvalue weighted by Crippen LogP contribution is -2.07. The molecule has 3 aromatic rings. The Labute approximate surface area is 164 Å². The first-order valence-electron chi connectivity index (χ1n) is 10.2. The molecule has 0 aromatic carbocycles. The summed E-state index contributed by atoms with van der Waals surface area (Å²) in [5.74, 6) is 0.932. The number of unbranched alkanes of at least 4 members (excludes halogenated alkanes) is 1. The van der Waals surface area contributed by atoms with Gasteiger partial charge in [0.15, 0.2) is 0 Å². The van der Waals surface area contributed by atoms with Crippen molar-refractivity contribution in [2.75, 3.05) is 25.1 Å². The van der Waals surface area contributed by atoms with E-state index in [4.69, 9.17) is 9.72 Å². The highest BCUT2D eigenvalue weighted by atomic mass is 32.1. The van der Waals surface area contributed by atoms with E-state index in [-0.39, 0.29) is 0 Å². The van der Waals surface area contributed by atoms with Crippen molar-refractivity contribution in [3.8, 4) is 0 Å². The van der Waals surface area contributed by atoms with Gasteiger partial charge in [-0.1, -0.05) is 13.3 Å². The van der Waals surface area contributed by atoms with Gasteiger partial charge in [-0.3, -0.25) is 0 Å². The molecule has 0 aliphatic heterocycles. The summed E-state index contributed by atoms with van der Waals surface area (Å²) >= 11 is 1.74. The van der Waals surface area contributed by atoms with Crippen molar-refractivity contribution in [2.24, 2.45) is 0 Å². The highest BCUT2D eigenvalue weighted by Gasteiger charge is 2.23. The van der Waals surface area contributed by atoms with Crippen LogP contribution >= 0.6 is 11.3 Å². The Morgan fingerprint density at radius 1 is 1.15 bits per heavy atom. The Hall–Kier alpha value is -1.79. The second-order valence-corrected chi connectivity index (χ2v) is 8.13. The molecule has 0 saturated carbocycles. The van der Waals surface area contributed by atoms with Crippen molar-refractivity contribution < 1.29 is 4.74 Å². The van der Waals surface area contributed by atoms with Crippen molar-refractivity contribution in [2.45, 2.75) is 58.8 Å². The molecule has 0 saturated heterocycles. The molecule has 0 atom stereocenters. The second-order valence-electron chi connectivity index (χ2n) is 7.13. The minimum atomic E-state index is 0.769. The Balaban J connectivity index is 1.71. The Bertz CT molecular complexity index is 937. The quantitative estimate of drug-likeness (QED) is 0.531. The van der Waals surface area contributed by atoms with E-state index < -0.39 is 0 Å². The first-order chi connectivity index (χ1) is 13.3. The SMILES string of the molecule is CCCCc1nc2sc3c(NCCCOCC)ncnc3c2c2c1CCC2. The second kappa shape index (κ2) is 8.48. The van der Waals surface area contributed by atoms with E-state index >= 15 is 0 Å². The van der Waals surface area contributed by atoms with Crippen LogP contribution in [0.4, 0.5) is 5.82 Å². The molecule has 0 fully saturated rings. The molecule has 1 N–H and O–H groups in total. The van der Waals surface area contributed by atoms with Gasteiger partial charge in [0.2, 0.25) is 0 Å². The molecule has 5 nitrogen and oxygen atoms in total. The van der Waals surface area contributed by atoms with Gasteiger partial charge in [0.1, 0.15) is 17.0 Å². The zero-order valence-electron chi connectivity index (χ0n) is 16.3. The zero-order chi connectivity index (χ0) is 18.6. The van der Waals surface area contributed by atoms with Gasteiger partial charge in [-0.2, -0.15) is 0 Å². The van der Waals surface area contributed by atoms with Crippen LogP contribution in [0, 0.1) is 0 Å². The molecule has 0 spiro atoms. The molecule has 0 unspecified atom stereocenters. The average Bonchev–Trinajstić information content (AvgIpc) is 3.30. The normalized spacial score (nSPS) is 13.6. The number of nitrogens with one attached hydrogen (secondary N) is 1. The van der Waals surface area contributed by atoms with Gasteiger partial charge < -0.3 is 10.1 Å². The van der Waals surface area contributed by atoms with E-state index in [9.17, 15) is 0 Å². The predicted molar refractivity (Wildman–Crippen MR) is 113 cm³/mol. The van der Waals surface area contributed by atoms with Crippen LogP contribution < -0.4 is 5.32 Å². The maximum Gasteiger partial charge on any atom is 0.147 e. The molecule has 144 valence electrons.